The number of esters is 1. The molecule has 0 bridgehead atoms. The molecule has 2 heteroatoms. The molecule has 0 atom stereocenters. The Morgan fingerprint density at radius 3 is 1.64 bits per heavy atom. The van der Waals surface area contributed by atoms with Gasteiger partial charge in [-0.15, -0.1) is 0 Å². The van der Waals surface area contributed by atoms with E-state index >= 15 is 0 Å². The maximum atomic E-state index is 11.9. The van der Waals surface area contributed by atoms with Crippen molar-refractivity contribution in [1.82, 2.24) is 0 Å². The van der Waals surface area contributed by atoms with E-state index in [1.54, 1.807) is 0 Å². The van der Waals surface area contributed by atoms with Crippen molar-refractivity contribution in [2.45, 2.75) is 117 Å². The number of carbonyl (C=O) groups is 1. The minimum atomic E-state index is -0.192. The average molecular weight is 311 g/mol. The minimum Gasteiger partial charge on any atom is -0.458 e. The monoisotopic (exact) mass is 310 g/mol. The molecule has 0 aromatic carbocycles. The van der Waals surface area contributed by atoms with Gasteiger partial charge in [-0.2, -0.15) is 0 Å². The lowest BCUT2D eigenvalue weighted by atomic mass is 9.69. The molecule has 1 fully saturated rings. The standard InChI is InChI=1S/C20H38O2/c1-5-7-9-11-13-15-20(16-14-12-10-8-6-2)19(3,4)17-18(21)22-20/h5-17H2,1-4H3. The lowest BCUT2D eigenvalue weighted by molar-refractivity contribution is -0.153. The Balaban J connectivity index is 2.52. The van der Waals surface area contributed by atoms with Crippen LogP contribution in [0.3, 0.4) is 0 Å². The minimum absolute atomic E-state index is 0.000401. The Hall–Kier alpha value is -0.530. The second-order valence-corrected chi connectivity index (χ2v) is 7.86. The Labute approximate surface area is 138 Å². The topological polar surface area (TPSA) is 26.3 Å². The van der Waals surface area contributed by atoms with Gasteiger partial charge in [-0.05, 0) is 25.7 Å². The van der Waals surface area contributed by atoms with Crippen molar-refractivity contribution in [3.63, 3.8) is 0 Å². The van der Waals surface area contributed by atoms with Crippen molar-refractivity contribution in [2.75, 3.05) is 0 Å². The second-order valence-electron chi connectivity index (χ2n) is 7.86. The fourth-order valence-corrected chi connectivity index (χ4v) is 3.85. The van der Waals surface area contributed by atoms with Gasteiger partial charge in [-0.25, -0.2) is 0 Å². The van der Waals surface area contributed by atoms with E-state index in [0.29, 0.717) is 6.42 Å². The first kappa shape index (κ1) is 19.5. The summed E-state index contributed by atoms with van der Waals surface area (Å²) in [6, 6.07) is 0. The molecule has 0 aliphatic carbocycles. The normalized spacial score (nSPS) is 19.4. The molecule has 0 aromatic rings. The Morgan fingerprint density at radius 1 is 0.818 bits per heavy atom. The van der Waals surface area contributed by atoms with E-state index in [1.807, 2.05) is 0 Å². The third kappa shape index (κ3) is 5.59. The van der Waals surface area contributed by atoms with Gasteiger partial charge in [0.05, 0.1) is 6.42 Å². The van der Waals surface area contributed by atoms with Crippen molar-refractivity contribution >= 4 is 5.97 Å². The predicted molar refractivity (Wildman–Crippen MR) is 94.0 cm³/mol. The van der Waals surface area contributed by atoms with Gasteiger partial charge in [-0.3, -0.25) is 4.79 Å². The van der Waals surface area contributed by atoms with Crippen LogP contribution in [0.5, 0.6) is 0 Å². The van der Waals surface area contributed by atoms with Crippen molar-refractivity contribution < 1.29 is 9.53 Å². The molecular formula is C20H38O2. The summed E-state index contributed by atoms with van der Waals surface area (Å²) in [6.07, 6.45) is 15.5. The number of unbranched alkanes of at least 4 members (excludes halogenated alkanes) is 8. The van der Waals surface area contributed by atoms with Crippen molar-refractivity contribution in [1.29, 1.82) is 0 Å². The molecule has 0 radical (unpaired) electrons. The van der Waals surface area contributed by atoms with E-state index in [4.69, 9.17) is 4.74 Å². The third-order valence-corrected chi connectivity index (χ3v) is 5.50. The van der Waals surface area contributed by atoms with Gasteiger partial charge < -0.3 is 4.74 Å². The molecule has 1 saturated heterocycles. The van der Waals surface area contributed by atoms with Crippen LogP contribution in [-0.2, 0) is 9.53 Å². The number of hydrogen-bond acceptors (Lipinski definition) is 2. The summed E-state index contributed by atoms with van der Waals surface area (Å²) in [5, 5.41) is 0. The van der Waals surface area contributed by atoms with E-state index in [0.717, 1.165) is 12.8 Å². The van der Waals surface area contributed by atoms with Gasteiger partial charge >= 0.3 is 5.97 Å². The molecule has 0 saturated carbocycles. The molecule has 0 N–H and O–H groups in total. The van der Waals surface area contributed by atoms with Crippen LogP contribution in [0.2, 0.25) is 0 Å². The predicted octanol–water partition coefficient (Wildman–Crippen LogP) is 6.42. The average Bonchev–Trinajstić information content (AvgIpc) is 2.67. The van der Waals surface area contributed by atoms with Gasteiger partial charge in [0.15, 0.2) is 0 Å². The smallest absolute Gasteiger partial charge is 0.307 e. The zero-order chi connectivity index (χ0) is 16.5. The number of cyclic esters (lactones) is 1. The van der Waals surface area contributed by atoms with E-state index in [-0.39, 0.29) is 17.0 Å². The maximum absolute atomic E-state index is 11.9. The summed E-state index contributed by atoms with van der Waals surface area (Å²) in [5.74, 6) is 0.0205. The molecule has 0 spiro atoms. The van der Waals surface area contributed by atoms with Gasteiger partial charge in [0.25, 0.3) is 0 Å². The summed E-state index contributed by atoms with van der Waals surface area (Å²) >= 11 is 0. The first-order valence-corrected chi connectivity index (χ1v) is 9.69. The fourth-order valence-electron chi connectivity index (χ4n) is 3.85. The Morgan fingerprint density at radius 2 is 1.27 bits per heavy atom. The van der Waals surface area contributed by atoms with Crippen LogP contribution in [0, 0.1) is 5.41 Å². The third-order valence-electron chi connectivity index (χ3n) is 5.50. The molecule has 22 heavy (non-hydrogen) atoms. The largest absolute Gasteiger partial charge is 0.458 e. The first-order chi connectivity index (χ1) is 10.5. The molecule has 1 aliphatic heterocycles. The van der Waals surface area contributed by atoms with Crippen molar-refractivity contribution in [2.24, 2.45) is 5.41 Å². The maximum Gasteiger partial charge on any atom is 0.307 e. The molecular weight excluding hydrogens is 272 g/mol. The summed E-state index contributed by atoms with van der Waals surface area (Å²) in [7, 11) is 0. The highest BCUT2D eigenvalue weighted by Gasteiger charge is 2.53. The molecule has 0 aromatic heterocycles. The molecule has 1 aliphatic rings. The Bertz CT molecular complexity index is 306. The summed E-state index contributed by atoms with van der Waals surface area (Å²) < 4.78 is 5.94. The number of hydrogen-bond donors (Lipinski definition) is 0. The zero-order valence-electron chi connectivity index (χ0n) is 15.5. The van der Waals surface area contributed by atoms with Gasteiger partial charge in [0.2, 0.25) is 0 Å². The highest BCUT2D eigenvalue weighted by atomic mass is 16.6. The van der Waals surface area contributed by atoms with E-state index in [1.165, 1.54) is 64.2 Å². The van der Waals surface area contributed by atoms with Crippen LogP contribution in [0.4, 0.5) is 0 Å². The molecule has 130 valence electrons. The van der Waals surface area contributed by atoms with Crippen LogP contribution in [0.15, 0.2) is 0 Å². The van der Waals surface area contributed by atoms with Crippen LogP contribution in [0.25, 0.3) is 0 Å². The second kappa shape index (κ2) is 9.57. The summed E-state index contributed by atoms with van der Waals surface area (Å²) in [6.45, 7) is 8.96. The zero-order valence-corrected chi connectivity index (χ0v) is 15.5. The number of carbonyl (C=O) groups excluding carboxylic acids is 1. The lowest BCUT2D eigenvalue weighted by Gasteiger charge is -2.39. The summed E-state index contributed by atoms with van der Waals surface area (Å²) in [4.78, 5) is 11.9. The molecule has 2 nitrogen and oxygen atoms in total. The van der Waals surface area contributed by atoms with Crippen LogP contribution in [0.1, 0.15) is 111 Å². The van der Waals surface area contributed by atoms with Crippen LogP contribution in [-0.4, -0.2) is 11.6 Å². The molecule has 0 unspecified atom stereocenters. The van der Waals surface area contributed by atoms with Gasteiger partial charge in [-0.1, -0.05) is 79.1 Å². The van der Waals surface area contributed by atoms with E-state index < -0.39 is 0 Å². The molecule has 0 amide bonds. The van der Waals surface area contributed by atoms with Gasteiger partial charge in [0.1, 0.15) is 5.60 Å². The first-order valence-electron chi connectivity index (χ1n) is 9.69. The SMILES string of the molecule is CCCCCCCC1(CCCCCCC)OC(=O)CC1(C)C. The highest BCUT2D eigenvalue weighted by Crippen LogP contribution is 2.49. The van der Waals surface area contributed by atoms with Crippen LogP contribution < -0.4 is 0 Å². The quantitative estimate of drug-likeness (QED) is 0.307. The highest BCUT2D eigenvalue weighted by molar-refractivity contribution is 5.73. The molecule has 1 heterocycles. The van der Waals surface area contributed by atoms with Crippen molar-refractivity contribution in [3.05, 3.63) is 0 Å². The lowest BCUT2D eigenvalue weighted by Crippen LogP contribution is -2.41. The van der Waals surface area contributed by atoms with Crippen LogP contribution >= 0.6 is 0 Å². The number of ether oxygens (including phenoxy) is 1. The fraction of sp³-hybridized carbons (Fsp3) is 0.950. The van der Waals surface area contributed by atoms with Gasteiger partial charge in [0, 0.05) is 5.41 Å². The number of rotatable bonds is 12. The van der Waals surface area contributed by atoms with E-state index in [2.05, 4.69) is 27.7 Å². The summed E-state index contributed by atoms with van der Waals surface area (Å²) in [5.41, 5.74) is -0.192. The molecule has 1 rings (SSSR count). The van der Waals surface area contributed by atoms with Crippen molar-refractivity contribution in [3.8, 4) is 0 Å². The Kier molecular flexibility index (Phi) is 8.49. The van der Waals surface area contributed by atoms with E-state index in [9.17, 15) is 4.79 Å².